The number of aryl methyl sites for hydroxylation is 1. The van der Waals surface area contributed by atoms with Gasteiger partial charge in [-0.2, -0.15) is 0 Å². The van der Waals surface area contributed by atoms with Crippen LogP contribution in [-0.4, -0.2) is 83.5 Å². The maximum atomic E-state index is 12.4. The largest absolute Gasteiger partial charge is 0.348 e. The topological polar surface area (TPSA) is 92.5 Å². The molecule has 8 nitrogen and oxygen atoms in total. The third kappa shape index (κ3) is 4.44. The zero-order valence-corrected chi connectivity index (χ0v) is 14.0. The number of hydrogen-bond donors (Lipinski definition) is 2. The Kier molecular flexibility index (Phi) is 5.59. The average molecular weight is 323 g/mol. The molecular weight excluding hydrogens is 298 g/mol. The molecule has 23 heavy (non-hydrogen) atoms. The van der Waals surface area contributed by atoms with Crippen molar-refractivity contribution in [1.29, 1.82) is 0 Å². The number of carbonyl (C=O) groups is 2. The fraction of sp³-hybridized carbons (Fsp3) is 0.667. The van der Waals surface area contributed by atoms with E-state index in [0.29, 0.717) is 37.4 Å². The summed E-state index contributed by atoms with van der Waals surface area (Å²) in [5.74, 6) is 0.0262. The van der Waals surface area contributed by atoms with E-state index in [4.69, 9.17) is 0 Å². The minimum atomic E-state index is -0.233. The van der Waals surface area contributed by atoms with Crippen molar-refractivity contribution in [3.8, 4) is 0 Å². The minimum Gasteiger partial charge on any atom is -0.348 e. The van der Waals surface area contributed by atoms with Gasteiger partial charge in [-0.3, -0.25) is 24.4 Å². The Balaban J connectivity index is 1.91. The third-order valence-corrected chi connectivity index (χ3v) is 4.22. The van der Waals surface area contributed by atoms with Gasteiger partial charge in [-0.1, -0.05) is 0 Å². The number of carbonyl (C=O) groups excluding carboxylic acids is 2. The number of rotatable bonds is 4. The predicted molar refractivity (Wildman–Crippen MR) is 86.2 cm³/mol. The summed E-state index contributed by atoms with van der Waals surface area (Å²) in [6.45, 7) is 4.87. The van der Waals surface area contributed by atoms with E-state index in [-0.39, 0.29) is 23.8 Å². The number of likely N-dealkylation sites (N-methyl/N-ethyl adjacent to an activating group) is 1. The van der Waals surface area contributed by atoms with E-state index in [1.54, 1.807) is 30.8 Å². The van der Waals surface area contributed by atoms with Gasteiger partial charge >= 0.3 is 0 Å². The smallest absolute Gasteiger partial charge is 0.267 e. The number of aromatic amines is 2. The first-order valence-corrected chi connectivity index (χ1v) is 7.85. The number of aromatic nitrogens is 2. The van der Waals surface area contributed by atoms with Crippen LogP contribution in [-0.2, 0) is 16.0 Å². The van der Waals surface area contributed by atoms with Crippen molar-refractivity contribution in [3.63, 3.8) is 0 Å². The molecule has 0 spiro atoms. The molecule has 0 atom stereocenters. The SMILES string of the molecule is Cc1[nH][nH]c(=O)c1CC(=O)N1CCCN(CC(=O)N(C)C)CC1. The van der Waals surface area contributed by atoms with Gasteiger partial charge in [0.2, 0.25) is 11.8 Å². The molecule has 0 aliphatic carbocycles. The van der Waals surface area contributed by atoms with Crippen LogP contribution in [0, 0.1) is 6.92 Å². The zero-order chi connectivity index (χ0) is 17.0. The molecule has 2 N–H and O–H groups in total. The van der Waals surface area contributed by atoms with Gasteiger partial charge in [0.1, 0.15) is 0 Å². The highest BCUT2D eigenvalue weighted by Gasteiger charge is 2.22. The highest BCUT2D eigenvalue weighted by Crippen LogP contribution is 2.07. The van der Waals surface area contributed by atoms with Crippen LogP contribution in [0.25, 0.3) is 0 Å². The van der Waals surface area contributed by atoms with Crippen molar-refractivity contribution < 1.29 is 9.59 Å². The summed E-state index contributed by atoms with van der Waals surface area (Å²) in [6, 6.07) is 0. The lowest BCUT2D eigenvalue weighted by Crippen LogP contribution is -2.40. The number of amides is 2. The molecule has 2 amide bonds. The standard InChI is InChI=1S/C15H25N5O3/c1-11-12(15(23)17-16-11)9-13(21)20-6-4-5-19(7-8-20)10-14(22)18(2)3/h4-10H2,1-3H3,(H2,16,17,23). The first kappa shape index (κ1) is 17.3. The molecule has 128 valence electrons. The highest BCUT2D eigenvalue weighted by atomic mass is 16.2. The number of H-pyrrole nitrogens is 2. The highest BCUT2D eigenvalue weighted by molar-refractivity contribution is 5.79. The van der Waals surface area contributed by atoms with Gasteiger partial charge in [-0.25, -0.2) is 0 Å². The number of nitrogens with one attached hydrogen (secondary N) is 2. The maximum Gasteiger partial charge on any atom is 0.267 e. The maximum absolute atomic E-state index is 12.4. The van der Waals surface area contributed by atoms with Crippen LogP contribution in [0.2, 0.25) is 0 Å². The molecule has 0 radical (unpaired) electrons. The molecule has 1 fully saturated rings. The Labute approximate surface area is 135 Å². The Morgan fingerprint density at radius 1 is 1.13 bits per heavy atom. The van der Waals surface area contributed by atoms with E-state index < -0.39 is 0 Å². The van der Waals surface area contributed by atoms with Crippen LogP contribution in [0.5, 0.6) is 0 Å². The van der Waals surface area contributed by atoms with Gasteiger partial charge in [0, 0.05) is 51.5 Å². The zero-order valence-electron chi connectivity index (χ0n) is 14.0. The van der Waals surface area contributed by atoms with E-state index >= 15 is 0 Å². The van der Waals surface area contributed by atoms with Crippen molar-refractivity contribution in [2.45, 2.75) is 19.8 Å². The van der Waals surface area contributed by atoms with Crippen LogP contribution in [0.1, 0.15) is 17.7 Å². The molecule has 1 saturated heterocycles. The molecule has 1 aromatic rings. The average Bonchev–Trinajstić information content (AvgIpc) is 2.70. The van der Waals surface area contributed by atoms with Crippen LogP contribution in [0.15, 0.2) is 4.79 Å². The van der Waals surface area contributed by atoms with Gasteiger partial charge in [0.15, 0.2) is 0 Å². The molecule has 8 heteroatoms. The number of nitrogens with zero attached hydrogens (tertiary/aromatic N) is 3. The molecule has 0 aromatic carbocycles. The van der Waals surface area contributed by atoms with Crippen molar-refractivity contribution in [2.24, 2.45) is 0 Å². The Bertz CT molecular complexity index is 619. The van der Waals surface area contributed by atoms with E-state index in [2.05, 4.69) is 15.1 Å². The van der Waals surface area contributed by atoms with Crippen LogP contribution >= 0.6 is 0 Å². The number of hydrogen-bond acceptors (Lipinski definition) is 4. The van der Waals surface area contributed by atoms with Crippen molar-refractivity contribution in [2.75, 3.05) is 46.8 Å². The summed E-state index contributed by atoms with van der Waals surface area (Å²) in [5.41, 5.74) is 0.971. The van der Waals surface area contributed by atoms with E-state index in [1.807, 2.05) is 0 Å². The molecule has 2 rings (SSSR count). The van der Waals surface area contributed by atoms with E-state index in [1.165, 1.54) is 0 Å². The summed E-state index contributed by atoms with van der Waals surface area (Å²) in [5, 5.41) is 5.23. The second kappa shape index (κ2) is 7.45. The van der Waals surface area contributed by atoms with Gasteiger partial charge in [0.25, 0.3) is 5.56 Å². The first-order chi connectivity index (χ1) is 10.9. The molecule has 0 unspecified atom stereocenters. The summed E-state index contributed by atoms with van der Waals surface area (Å²) < 4.78 is 0. The summed E-state index contributed by atoms with van der Waals surface area (Å²) in [6.07, 6.45) is 0.941. The second-order valence-corrected chi connectivity index (χ2v) is 6.16. The molecular formula is C15H25N5O3. The molecule has 1 aliphatic rings. The van der Waals surface area contributed by atoms with Crippen molar-refractivity contribution in [3.05, 3.63) is 21.6 Å². The van der Waals surface area contributed by atoms with Crippen LogP contribution < -0.4 is 5.56 Å². The fourth-order valence-corrected chi connectivity index (χ4v) is 2.66. The Hall–Kier alpha value is -2.09. The van der Waals surface area contributed by atoms with E-state index in [9.17, 15) is 14.4 Å². The lowest BCUT2D eigenvalue weighted by atomic mass is 10.1. The van der Waals surface area contributed by atoms with Gasteiger partial charge in [0.05, 0.1) is 13.0 Å². The first-order valence-electron chi connectivity index (χ1n) is 7.85. The monoisotopic (exact) mass is 323 g/mol. The molecule has 1 aromatic heterocycles. The van der Waals surface area contributed by atoms with Crippen LogP contribution in [0.3, 0.4) is 0 Å². The van der Waals surface area contributed by atoms with Crippen molar-refractivity contribution in [1.82, 2.24) is 24.9 Å². The van der Waals surface area contributed by atoms with Gasteiger partial charge in [-0.15, -0.1) is 0 Å². The second-order valence-electron chi connectivity index (χ2n) is 6.16. The molecule has 2 heterocycles. The Morgan fingerprint density at radius 3 is 2.48 bits per heavy atom. The minimum absolute atomic E-state index is 0.0426. The fourth-order valence-electron chi connectivity index (χ4n) is 2.66. The normalized spacial score (nSPS) is 16.2. The lowest BCUT2D eigenvalue weighted by Gasteiger charge is -2.22. The third-order valence-electron chi connectivity index (χ3n) is 4.22. The predicted octanol–water partition coefficient (Wildman–Crippen LogP) is -0.824. The molecule has 0 bridgehead atoms. The molecule has 1 aliphatic heterocycles. The van der Waals surface area contributed by atoms with E-state index in [0.717, 1.165) is 13.0 Å². The summed E-state index contributed by atoms with van der Waals surface area (Å²) in [4.78, 5) is 41.3. The summed E-state index contributed by atoms with van der Waals surface area (Å²) in [7, 11) is 3.49. The molecule has 0 saturated carbocycles. The van der Waals surface area contributed by atoms with Gasteiger partial charge in [-0.05, 0) is 13.3 Å². The van der Waals surface area contributed by atoms with Crippen LogP contribution in [0.4, 0.5) is 0 Å². The van der Waals surface area contributed by atoms with Gasteiger partial charge < -0.3 is 14.9 Å². The van der Waals surface area contributed by atoms with Crippen molar-refractivity contribution >= 4 is 11.8 Å². The Morgan fingerprint density at radius 2 is 1.87 bits per heavy atom. The quantitative estimate of drug-likeness (QED) is 0.757. The summed E-state index contributed by atoms with van der Waals surface area (Å²) >= 11 is 0. The lowest BCUT2D eigenvalue weighted by molar-refractivity contribution is -0.130.